The highest BCUT2D eigenvalue weighted by molar-refractivity contribution is 5.86. The maximum Gasteiger partial charge on any atom is 0.331 e. The van der Waals surface area contributed by atoms with Crippen LogP contribution in [0.4, 0.5) is 0 Å². The zero-order valence-corrected chi connectivity index (χ0v) is 5.26. The monoisotopic (exact) mass is 126 g/mol. The predicted molar refractivity (Wildman–Crippen MR) is 34.1 cm³/mol. The molecule has 0 aliphatic heterocycles. The summed E-state index contributed by atoms with van der Waals surface area (Å²) in [5, 5.41) is 8.42. The lowest BCUT2D eigenvalue weighted by atomic mass is 9.80. The van der Waals surface area contributed by atoms with Crippen LogP contribution in [0, 0.1) is 5.92 Å². The Morgan fingerprint density at radius 3 is 2.22 bits per heavy atom. The van der Waals surface area contributed by atoms with E-state index >= 15 is 0 Å². The van der Waals surface area contributed by atoms with Gasteiger partial charge in [0.15, 0.2) is 0 Å². The smallest absolute Gasteiger partial charge is 0.331 e. The van der Waals surface area contributed by atoms with Crippen LogP contribution < -0.4 is 0 Å². The normalized spacial score (nSPS) is 18.7. The Morgan fingerprint density at radius 2 is 2.11 bits per heavy atom. The molecule has 9 heavy (non-hydrogen) atoms. The third-order valence-electron chi connectivity index (χ3n) is 1.87. The maximum absolute atomic E-state index is 10.2. The summed E-state index contributed by atoms with van der Waals surface area (Å²) < 4.78 is 0. The van der Waals surface area contributed by atoms with Crippen LogP contribution in [0.25, 0.3) is 0 Å². The van der Waals surface area contributed by atoms with E-state index in [-0.39, 0.29) is 5.92 Å². The Bertz CT molecular complexity index is 145. The van der Waals surface area contributed by atoms with Gasteiger partial charge in [-0.2, -0.15) is 0 Å². The second kappa shape index (κ2) is 2.21. The minimum absolute atomic E-state index is 0.280. The van der Waals surface area contributed by atoms with E-state index in [0.717, 1.165) is 19.3 Å². The first kappa shape index (κ1) is 6.33. The molecule has 0 radical (unpaired) electrons. The van der Waals surface area contributed by atoms with Gasteiger partial charge in [-0.3, -0.25) is 0 Å². The molecule has 0 unspecified atom stereocenters. The van der Waals surface area contributed by atoms with Gasteiger partial charge in [-0.05, 0) is 18.8 Å². The van der Waals surface area contributed by atoms with Gasteiger partial charge < -0.3 is 5.11 Å². The minimum atomic E-state index is -0.834. The van der Waals surface area contributed by atoms with Gasteiger partial charge in [0, 0.05) is 5.57 Å². The first-order valence-electron chi connectivity index (χ1n) is 3.14. The summed E-state index contributed by atoms with van der Waals surface area (Å²) in [7, 11) is 0. The molecule has 0 aromatic heterocycles. The molecule has 50 valence electrons. The van der Waals surface area contributed by atoms with Gasteiger partial charge in [0.05, 0.1) is 0 Å². The van der Waals surface area contributed by atoms with Crippen LogP contribution in [-0.4, -0.2) is 11.1 Å². The second-order valence-corrected chi connectivity index (χ2v) is 2.46. The Kier molecular flexibility index (Phi) is 1.56. The molecule has 1 aliphatic rings. The van der Waals surface area contributed by atoms with E-state index in [1.165, 1.54) is 0 Å². The van der Waals surface area contributed by atoms with Crippen molar-refractivity contribution < 1.29 is 9.90 Å². The van der Waals surface area contributed by atoms with Crippen molar-refractivity contribution in [3.63, 3.8) is 0 Å². The Morgan fingerprint density at radius 1 is 1.56 bits per heavy atom. The molecule has 2 nitrogen and oxygen atoms in total. The predicted octanol–water partition coefficient (Wildman–Crippen LogP) is 1.43. The standard InChI is InChI=1S/C7H10O2/c1-5(7(8)9)6-3-2-4-6/h6H,1-4H2,(H,8,9). The molecule has 0 spiro atoms. The van der Waals surface area contributed by atoms with Gasteiger partial charge in [-0.25, -0.2) is 4.79 Å². The van der Waals surface area contributed by atoms with Crippen molar-refractivity contribution in [2.75, 3.05) is 0 Å². The molecule has 0 heterocycles. The van der Waals surface area contributed by atoms with Crippen LogP contribution in [0.5, 0.6) is 0 Å². The summed E-state index contributed by atoms with van der Waals surface area (Å²) in [6.45, 7) is 3.48. The van der Waals surface area contributed by atoms with E-state index in [1.807, 2.05) is 0 Å². The molecule has 0 amide bonds. The lowest BCUT2D eigenvalue weighted by Crippen LogP contribution is -2.18. The van der Waals surface area contributed by atoms with E-state index in [0.29, 0.717) is 5.57 Å². The SMILES string of the molecule is C=C(C(=O)O)C1CCC1. The van der Waals surface area contributed by atoms with Crippen molar-refractivity contribution in [2.24, 2.45) is 5.92 Å². The molecule has 1 aliphatic carbocycles. The van der Waals surface area contributed by atoms with Gasteiger partial charge in [-0.1, -0.05) is 13.0 Å². The number of aliphatic carboxylic acids is 1. The Labute approximate surface area is 54.2 Å². The van der Waals surface area contributed by atoms with Crippen LogP contribution in [0.3, 0.4) is 0 Å². The number of hydrogen-bond acceptors (Lipinski definition) is 1. The van der Waals surface area contributed by atoms with Gasteiger partial charge in [0.1, 0.15) is 0 Å². The molecule has 0 aromatic carbocycles. The number of carboxylic acids is 1. The summed E-state index contributed by atoms with van der Waals surface area (Å²) in [5.74, 6) is -0.554. The summed E-state index contributed by atoms with van der Waals surface area (Å²) in [4.78, 5) is 10.2. The average Bonchev–Trinajstić information content (AvgIpc) is 1.60. The van der Waals surface area contributed by atoms with Crippen LogP contribution in [0.15, 0.2) is 12.2 Å². The number of carboxylic acid groups (broad SMARTS) is 1. The molecule has 1 N–H and O–H groups in total. The van der Waals surface area contributed by atoms with Crippen molar-refractivity contribution in [1.82, 2.24) is 0 Å². The van der Waals surface area contributed by atoms with Crippen LogP contribution in [0.1, 0.15) is 19.3 Å². The lowest BCUT2D eigenvalue weighted by Gasteiger charge is -2.24. The molecular weight excluding hydrogens is 116 g/mol. The van der Waals surface area contributed by atoms with Crippen LogP contribution >= 0.6 is 0 Å². The zero-order chi connectivity index (χ0) is 6.85. The average molecular weight is 126 g/mol. The topological polar surface area (TPSA) is 37.3 Å². The van der Waals surface area contributed by atoms with Crippen molar-refractivity contribution in [3.8, 4) is 0 Å². The highest BCUT2D eigenvalue weighted by Crippen LogP contribution is 2.31. The fourth-order valence-corrected chi connectivity index (χ4v) is 0.931. The quantitative estimate of drug-likeness (QED) is 0.568. The van der Waals surface area contributed by atoms with Crippen molar-refractivity contribution in [2.45, 2.75) is 19.3 Å². The molecule has 1 rings (SSSR count). The third kappa shape index (κ3) is 1.12. The number of hydrogen-bond donors (Lipinski definition) is 1. The first-order chi connectivity index (χ1) is 4.22. The second-order valence-electron chi connectivity index (χ2n) is 2.46. The molecule has 0 aromatic rings. The minimum Gasteiger partial charge on any atom is -0.478 e. The third-order valence-corrected chi connectivity index (χ3v) is 1.87. The summed E-state index contributed by atoms with van der Waals surface area (Å²) in [5.41, 5.74) is 0.390. The zero-order valence-electron chi connectivity index (χ0n) is 5.26. The molecule has 2 heteroatoms. The van der Waals surface area contributed by atoms with Gasteiger partial charge in [0.25, 0.3) is 0 Å². The van der Waals surface area contributed by atoms with Crippen molar-refractivity contribution in [1.29, 1.82) is 0 Å². The van der Waals surface area contributed by atoms with Crippen molar-refractivity contribution >= 4 is 5.97 Å². The Balaban J connectivity index is 2.42. The van der Waals surface area contributed by atoms with Crippen LogP contribution in [-0.2, 0) is 4.79 Å². The summed E-state index contributed by atoms with van der Waals surface area (Å²) in [6, 6.07) is 0. The van der Waals surface area contributed by atoms with E-state index in [9.17, 15) is 4.79 Å². The van der Waals surface area contributed by atoms with E-state index in [1.54, 1.807) is 0 Å². The largest absolute Gasteiger partial charge is 0.478 e. The fraction of sp³-hybridized carbons (Fsp3) is 0.571. The molecule has 0 saturated heterocycles. The number of carbonyl (C=O) groups is 1. The highest BCUT2D eigenvalue weighted by Gasteiger charge is 2.23. The Hall–Kier alpha value is -0.790. The van der Waals surface area contributed by atoms with Crippen molar-refractivity contribution in [3.05, 3.63) is 12.2 Å². The molecule has 0 bridgehead atoms. The maximum atomic E-state index is 10.2. The fourth-order valence-electron chi connectivity index (χ4n) is 0.931. The molecule has 1 saturated carbocycles. The summed E-state index contributed by atoms with van der Waals surface area (Å²) >= 11 is 0. The van der Waals surface area contributed by atoms with Gasteiger partial charge in [-0.15, -0.1) is 0 Å². The van der Waals surface area contributed by atoms with Gasteiger partial charge >= 0.3 is 5.97 Å². The lowest BCUT2D eigenvalue weighted by molar-refractivity contribution is -0.133. The van der Waals surface area contributed by atoms with E-state index < -0.39 is 5.97 Å². The molecule has 1 fully saturated rings. The first-order valence-corrected chi connectivity index (χ1v) is 3.14. The van der Waals surface area contributed by atoms with Crippen LogP contribution in [0.2, 0.25) is 0 Å². The van der Waals surface area contributed by atoms with Gasteiger partial charge in [0.2, 0.25) is 0 Å². The highest BCUT2D eigenvalue weighted by atomic mass is 16.4. The van der Waals surface area contributed by atoms with E-state index in [2.05, 4.69) is 6.58 Å². The summed E-state index contributed by atoms with van der Waals surface area (Å²) in [6.07, 6.45) is 3.20. The number of rotatable bonds is 2. The molecule has 0 atom stereocenters. The molecular formula is C7H10O2. The van der Waals surface area contributed by atoms with E-state index in [4.69, 9.17) is 5.11 Å².